The lowest BCUT2D eigenvalue weighted by atomic mass is 9.96. The van der Waals surface area contributed by atoms with Crippen molar-refractivity contribution in [2.24, 2.45) is 0 Å². The van der Waals surface area contributed by atoms with E-state index in [1.54, 1.807) is 6.07 Å². The molecule has 2 heterocycles. The highest BCUT2D eigenvalue weighted by atomic mass is 15.1. The molecule has 10 aromatic carbocycles. The molecule has 0 aliphatic carbocycles. The Morgan fingerprint density at radius 2 is 0.621 bits per heavy atom. The molecular weight excluding hydrogens is 801 g/mol. The van der Waals surface area contributed by atoms with Crippen molar-refractivity contribution in [3.8, 4) is 79.1 Å². The molecule has 66 heavy (non-hydrogen) atoms. The predicted molar refractivity (Wildman–Crippen MR) is 272 cm³/mol. The van der Waals surface area contributed by atoms with Gasteiger partial charge in [-0.05, 0) is 123 Å². The van der Waals surface area contributed by atoms with Crippen LogP contribution >= 0.6 is 0 Å². The van der Waals surface area contributed by atoms with E-state index in [0.717, 1.165) is 111 Å². The minimum Gasteiger partial charge on any atom is -0.307 e. The van der Waals surface area contributed by atoms with E-state index in [1.807, 2.05) is 36.4 Å². The molecule has 0 spiro atoms. The van der Waals surface area contributed by atoms with Crippen LogP contribution in [0, 0.1) is 22.7 Å². The Kier molecular flexibility index (Phi) is 9.23. The molecule has 0 N–H and O–H groups in total. The summed E-state index contributed by atoms with van der Waals surface area (Å²) in [6.07, 6.45) is 0. The number of benzene rings is 10. The van der Waals surface area contributed by atoms with Gasteiger partial charge in [-0.1, -0.05) is 158 Å². The fraction of sp³-hybridized carbons (Fsp3) is 0. The fourth-order valence-electron chi connectivity index (χ4n) is 9.83. The van der Waals surface area contributed by atoms with Crippen molar-refractivity contribution < 1.29 is 0 Å². The summed E-state index contributed by atoms with van der Waals surface area (Å²) in [5, 5.41) is 25.6. The predicted octanol–water partition coefficient (Wildman–Crippen LogP) is 16.0. The first kappa shape index (κ1) is 38.5. The summed E-state index contributed by atoms with van der Waals surface area (Å²) in [4.78, 5) is 0. The van der Waals surface area contributed by atoms with E-state index in [1.165, 1.54) is 0 Å². The second-order valence-electron chi connectivity index (χ2n) is 16.8. The van der Waals surface area contributed by atoms with Crippen molar-refractivity contribution in [3.05, 3.63) is 242 Å². The zero-order valence-electron chi connectivity index (χ0n) is 35.7. The lowest BCUT2D eigenvalue weighted by Gasteiger charge is -2.20. The van der Waals surface area contributed by atoms with Crippen LogP contribution in [-0.4, -0.2) is 9.13 Å². The fourth-order valence-corrected chi connectivity index (χ4v) is 9.83. The molecule has 0 amide bonds. The number of nitrogens with zero attached hydrogens (tertiary/aromatic N) is 4. The van der Waals surface area contributed by atoms with Crippen molar-refractivity contribution in [1.29, 1.82) is 10.5 Å². The van der Waals surface area contributed by atoms with Crippen LogP contribution in [0.15, 0.2) is 231 Å². The van der Waals surface area contributed by atoms with Crippen LogP contribution < -0.4 is 0 Å². The molecule has 0 aliphatic rings. The Morgan fingerprint density at radius 1 is 0.273 bits per heavy atom. The number of nitriles is 2. The van der Waals surface area contributed by atoms with Crippen LogP contribution in [0.3, 0.4) is 0 Å². The maximum atomic E-state index is 11.1. The van der Waals surface area contributed by atoms with Gasteiger partial charge in [0.2, 0.25) is 0 Å². The topological polar surface area (TPSA) is 57.4 Å². The SMILES string of the molecule is N#Cc1cccc(-c2cc(-n3c4ccc(-c5ccccc5)cc4c4cc(-c5ccccc5)ccc43)c(-n3c4ccc(-c5ccccc5)cc4c4cc(-c5ccccc5)ccc43)cc2C#N)c1. The molecule has 0 bridgehead atoms. The largest absolute Gasteiger partial charge is 0.307 e. The Morgan fingerprint density at radius 3 is 0.970 bits per heavy atom. The van der Waals surface area contributed by atoms with Crippen molar-refractivity contribution >= 4 is 43.6 Å². The molecule has 0 atom stereocenters. The molecule has 0 radical (unpaired) electrons. The molecule has 0 saturated carbocycles. The Labute approximate surface area is 382 Å². The van der Waals surface area contributed by atoms with Crippen LogP contribution in [0.1, 0.15) is 11.1 Å². The van der Waals surface area contributed by atoms with Crippen molar-refractivity contribution in [3.63, 3.8) is 0 Å². The summed E-state index contributed by atoms with van der Waals surface area (Å²) in [6.45, 7) is 0. The minimum absolute atomic E-state index is 0.513. The van der Waals surface area contributed by atoms with Crippen LogP contribution in [0.2, 0.25) is 0 Å². The maximum Gasteiger partial charge on any atom is 0.0998 e. The highest BCUT2D eigenvalue weighted by Crippen LogP contribution is 2.44. The number of hydrogen-bond donors (Lipinski definition) is 0. The van der Waals surface area contributed by atoms with E-state index < -0.39 is 0 Å². The van der Waals surface area contributed by atoms with Gasteiger partial charge in [-0.2, -0.15) is 10.5 Å². The van der Waals surface area contributed by atoms with Gasteiger partial charge in [-0.25, -0.2) is 0 Å². The van der Waals surface area contributed by atoms with Gasteiger partial charge in [0.15, 0.2) is 0 Å². The van der Waals surface area contributed by atoms with Crippen molar-refractivity contribution in [1.82, 2.24) is 9.13 Å². The highest BCUT2D eigenvalue weighted by Gasteiger charge is 2.24. The molecule has 306 valence electrons. The molecule has 12 rings (SSSR count). The van der Waals surface area contributed by atoms with Gasteiger partial charge >= 0.3 is 0 Å². The quantitative estimate of drug-likeness (QED) is 0.161. The lowest BCUT2D eigenvalue weighted by molar-refractivity contribution is 1.09. The highest BCUT2D eigenvalue weighted by molar-refractivity contribution is 6.14. The Bertz CT molecular complexity index is 3730. The normalized spacial score (nSPS) is 11.3. The number of rotatable bonds is 7. The smallest absolute Gasteiger partial charge is 0.0998 e. The molecule has 12 aromatic rings. The van der Waals surface area contributed by atoms with E-state index >= 15 is 0 Å². The van der Waals surface area contributed by atoms with E-state index in [9.17, 15) is 10.5 Å². The first-order valence-corrected chi connectivity index (χ1v) is 22.1. The van der Waals surface area contributed by atoms with Gasteiger partial charge in [0.25, 0.3) is 0 Å². The van der Waals surface area contributed by atoms with Gasteiger partial charge in [0, 0.05) is 27.1 Å². The first-order chi connectivity index (χ1) is 32.6. The Balaban J connectivity index is 1.21. The van der Waals surface area contributed by atoms with Crippen molar-refractivity contribution in [2.75, 3.05) is 0 Å². The molecular formula is C62H38N4. The van der Waals surface area contributed by atoms with Gasteiger partial charge in [-0.15, -0.1) is 0 Å². The number of fused-ring (bicyclic) bond motifs is 6. The maximum absolute atomic E-state index is 11.1. The van der Waals surface area contributed by atoms with E-state index in [4.69, 9.17) is 0 Å². The average Bonchev–Trinajstić information content (AvgIpc) is 3.90. The van der Waals surface area contributed by atoms with Gasteiger partial charge in [0.05, 0.1) is 56.7 Å². The van der Waals surface area contributed by atoms with E-state index in [-0.39, 0.29) is 0 Å². The third-order valence-corrected chi connectivity index (χ3v) is 13.0. The summed E-state index contributed by atoms with van der Waals surface area (Å²) in [7, 11) is 0. The second-order valence-corrected chi connectivity index (χ2v) is 16.8. The van der Waals surface area contributed by atoms with Crippen LogP contribution in [0.25, 0.3) is 111 Å². The first-order valence-electron chi connectivity index (χ1n) is 22.1. The molecule has 4 heteroatoms. The minimum atomic E-state index is 0.513. The average molecular weight is 839 g/mol. The summed E-state index contributed by atoms with van der Waals surface area (Å²) in [5.41, 5.74) is 17.6. The molecule has 2 aromatic heterocycles. The molecule has 4 nitrogen and oxygen atoms in total. The summed E-state index contributed by atoms with van der Waals surface area (Å²) in [6, 6.07) is 85.8. The lowest BCUT2D eigenvalue weighted by Crippen LogP contribution is -2.05. The molecule has 0 unspecified atom stereocenters. The van der Waals surface area contributed by atoms with Crippen LogP contribution in [-0.2, 0) is 0 Å². The van der Waals surface area contributed by atoms with Gasteiger partial charge in [-0.3, -0.25) is 0 Å². The molecule has 0 fully saturated rings. The third kappa shape index (κ3) is 6.45. The zero-order valence-corrected chi connectivity index (χ0v) is 35.7. The molecule has 0 saturated heterocycles. The van der Waals surface area contributed by atoms with E-state index in [0.29, 0.717) is 11.1 Å². The van der Waals surface area contributed by atoms with E-state index in [2.05, 4.69) is 209 Å². The van der Waals surface area contributed by atoms with Crippen LogP contribution in [0.4, 0.5) is 0 Å². The molecule has 0 aliphatic heterocycles. The zero-order chi connectivity index (χ0) is 44.1. The van der Waals surface area contributed by atoms with Crippen molar-refractivity contribution in [2.45, 2.75) is 0 Å². The van der Waals surface area contributed by atoms with Gasteiger partial charge < -0.3 is 9.13 Å². The van der Waals surface area contributed by atoms with Gasteiger partial charge in [0.1, 0.15) is 0 Å². The Hall–Kier alpha value is -9.22. The standard InChI is InChI=1S/C62H38N4/c63-39-41-14-13-23-50(32-41)52-38-62(66-59-30-26-48(44-19-9-3-10-20-44)35-55(59)56-36-49(27-31-60(56)66)45-21-11-4-12-22-45)61(37-51(52)40-64)65-57-28-24-46(42-15-5-1-6-16-42)33-53(57)54-34-47(25-29-58(54)65)43-17-7-2-8-18-43/h1-38H. The summed E-state index contributed by atoms with van der Waals surface area (Å²) < 4.78 is 4.71. The summed E-state index contributed by atoms with van der Waals surface area (Å²) >= 11 is 0. The number of hydrogen-bond acceptors (Lipinski definition) is 2. The number of aromatic nitrogens is 2. The monoisotopic (exact) mass is 838 g/mol. The third-order valence-electron chi connectivity index (χ3n) is 13.0. The van der Waals surface area contributed by atoms with Crippen LogP contribution in [0.5, 0.6) is 0 Å². The summed E-state index contributed by atoms with van der Waals surface area (Å²) in [5.74, 6) is 0. The second kappa shape index (κ2) is 15.8.